The fourth-order valence-corrected chi connectivity index (χ4v) is 3.78. The minimum Gasteiger partial charge on any atom is -0.356 e. The van der Waals surface area contributed by atoms with E-state index in [9.17, 15) is 13.6 Å². The van der Waals surface area contributed by atoms with Gasteiger partial charge in [-0.3, -0.25) is 4.79 Å². The van der Waals surface area contributed by atoms with Gasteiger partial charge in [0, 0.05) is 51.6 Å². The fraction of sp³-hybridized carbons (Fsp3) is 0.706. The number of nitrogens with zero attached hydrogens (tertiary/aromatic N) is 4. The standard InChI is InChI=1S/C17H24F2N4OS/c1-25-16-20-7-2-14(21-16)22-8-3-13(4-9-22)12-15(24)23-10-5-17(18,19)6-11-23/h2,7,13H,3-6,8-12H2,1H3. The first-order chi connectivity index (χ1) is 12.0. The van der Waals surface area contributed by atoms with Gasteiger partial charge in [-0.25, -0.2) is 18.7 Å². The van der Waals surface area contributed by atoms with Gasteiger partial charge in [0.1, 0.15) is 5.82 Å². The van der Waals surface area contributed by atoms with Crippen LogP contribution in [0.15, 0.2) is 17.4 Å². The summed E-state index contributed by atoms with van der Waals surface area (Å²) in [6, 6.07) is 1.92. The van der Waals surface area contributed by atoms with Crippen LogP contribution in [0.1, 0.15) is 32.1 Å². The van der Waals surface area contributed by atoms with E-state index < -0.39 is 5.92 Å². The lowest BCUT2D eigenvalue weighted by atomic mass is 9.92. The second-order valence-corrected chi connectivity index (χ2v) is 7.55. The molecule has 2 aliphatic rings. The number of carbonyl (C=O) groups is 1. The van der Waals surface area contributed by atoms with Gasteiger partial charge < -0.3 is 9.80 Å². The average molecular weight is 370 g/mol. The monoisotopic (exact) mass is 370 g/mol. The summed E-state index contributed by atoms with van der Waals surface area (Å²) >= 11 is 1.52. The Morgan fingerprint density at radius 3 is 2.60 bits per heavy atom. The Morgan fingerprint density at radius 2 is 1.96 bits per heavy atom. The maximum Gasteiger partial charge on any atom is 0.251 e. The molecule has 1 aromatic rings. The number of amides is 1. The molecule has 0 radical (unpaired) electrons. The van der Waals surface area contributed by atoms with Crippen LogP contribution in [0.25, 0.3) is 0 Å². The molecule has 1 amide bonds. The summed E-state index contributed by atoms with van der Waals surface area (Å²) in [5.41, 5.74) is 0. The molecule has 0 N–H and O–H groups in total. The number of hydrogen-bond donors (Lipinski definition) is 0. The molecule has 0 spiro atoms. The summed E-state index contributed by atoms with van der Waals surface area (Å²) in [4.78, 5) is 24.9. The SMILES string of the molecule is CSc1nccc(N2CCC(CC(=O)N3CCC(F)(F)CC3)CC2)n1. The summed E-state index contributed by atoms with van der Waals surface area (Å²) in [5.74, 6) is -1.31. The molecule has 0 saturated carbocycles. The van der Waals surface area contributed by atoms with Crippen molar-refractivity contribution in [2.45, 2.75) is 43.2 Å². The minimum atomic E-state index is -2.60. The van der Waals surface area contributed by atoms with E-state index in [0.717, 1.165) is 36.9 Å². The molecule has 3 rings (SSSR count). The van der Waals surface area contributed by atoms with Crippen molar-refractivity contribution in [2.75, 3.05) is 37.3 Å². The third kappa shape index (κ3) is 4.80. The molecule has 0 unspecified atom stereocenters. The summed E-state index contributed by atoms with van der Waals surface area (Å²) < 4.78 is 26.4. The molecule has 0 aliphatic carbocycles. The van der Waals surface area contributed by atoms with Crippen molar-refractivity contribution in [2.24, 2.45) is 5.92 Å². The first-order valence-corrected chi connectivity index (χ1v) is 9.97. The van der Waals surface area contributed by atoms with Gasteiger partial charge in [0.05, 0.1) is 0 Å². The smallest absolute Gasteiger partial charge is 0.251 e. The summed E-state index contributed by atoms with van der Waals surface area (Å²) in [7, 11) is 0. The van der Waals surface area contributed by atoms with Crippen LogP contribution in [0, 0.1) is 5.92 Å². The van der Waals surface area contributed by atoms with Gasteiger partial charge in [0.15, 0.2) is 5.16 Å². The molecule has 2 fully saturated rings. The van der Waals surface area contributed by atoms with Gasteiger partial charge in [-0.05, 0) is 31.1 Å². The quantitative estimate of drug-likeness (QED) is 0.602. The van der Waals surface area contributed by atoms with Gasteiger partial charge in [0.2, 0.25) is 5.91 Å². The number of anilines is 1. The molecular formula is C17H24F2N4OS. The molecule has 2 aliphatic heterocycles. The van der Waals surface area contributed by atoms with Gasteiger partial charge in [-0.2, -0.15) is 0 Å². The molecule has 25 heavy (non-hydrogen) atoms. The first-order valence-electron chi connectivity index (χ1n) is 8.74. The van der Waals surface area contributed by atoms with Gasteiger partial charge in [0.25, 0.3) is 5.92 Å². The highest BCUT2D eigenvalue weighted by molar-refractivity contribution is 7.98. The number of halogens is 2. The van der Waals surface area contributed by atoms with E-state index in [1.807, 2.05) is 12.3 Å². The fourth-order valence-electron chi connectivity index (χ4n) is 3.43. The van der Waals surface area contributed by atoms with E-state index in [2.05, 4.69) is 14.9 Å². The first kappa shape index (κ1) is 18.4. The molecule has 2 saturated heterocycles. The molecule has 3 heterocycles. The number of thioether (sulfide) groups is 1. The highest BCUT2D eigenvalue weighted by Gasteiger charge is 2.36. The van der Waals surface area contributed by atoms with Crippen molar-refractivity contribution < 1.29 is 13.6 Å². The summed E-state index contributed by atoms with van der Waals surface area (Å²) in [5, 5.41) is 0.761. The Kier molecular flexibility index (Phi) is 5.76. The lowest BCUT2D eigenvalue weighted by Gasteiger charge is -2.35. The third-order valence-electron chi connectivity index (χ3n) is 5.05. The number of rotatable bonds is 4. The summed E-state index contributed by atoms with van der Waals surface area (Å²) in [6.07, 6.45) is 5.64. The highest BCUT2D eigenvalue weighted by Crippen LogP contribution is 2.30. The van der Waals surface area contributed by atoms with E-state index in [-0.39, 0.29) is 31.8 Å². The van der Waals surface area contributed by atoms with Crippen LogP contribution in [0.4, 0.5) is 14.6 Å². The van der Waals surface area contributed by atoms with Crippen molar-refractivity contribution in [3.05, 3.63) is 12.3 Å². The zero-order chi connectivity index (χ0) is 17.9. The molecule has 5 nitrogen and oxygen atoms in total. The Morgan fingerprint density at radius 1 is 1.28 bits per heavy atom. The third-order valence-corrected chi connectivity index (χ3v) is 5.61. The van der Waals surface area contributed by atoms with Crippen molar-refractivity contribution in [1.29, 1.82) is 0 Å². The molecule has 8 heteroatoms. The van der Waals surface area contributed by atoms with Crippen molar-refractivity contribution in [1.82, 2.24) is 14.9 Å². The molecule has 0 atom stereocenters. The molecule has 0 aromatic carbocycles. The number of piperidine rings is 2. The number of carbonyl (C=O) groups excluding carboxylic acids is 1. The van der Waals surface area contributed by atoms with E-state index >= 15 is 0 Å². The van der Waals surface area contributed by atoms with E-state index in [1.165, 1.54) is 11.8 Å². The Balaban J connectivity index is 1.47. The van der Waals surface area contributed by atoms with E-state index in [4.69, 9.17) is 0 Å². The van der Waals surface area contributed by atoms with Crippen LogP contribution >= 0.6 is 11.8 Å². The van der Waals surface area contributed by atoms with Crippen LogP contribution in [-0.2, 0) is 4.79 Å². The normalized spacial score (nSPS) is 21.4. The van der Waals surface area contributed by atoms with Crippen LogP contribution in [0.5, 0.6) is 0 Å². The second kappa shape index (κ2) is 7.85. The zero-order valence-corrected chi connectivity index (χ0v) is 15.3. The van der Waals surface area contributed by atoms with Crippen LogP contribution in [0.2, 0.25) is 0 Å². The minimum absolute atomic E-state index is 0.0284. The van der Waals surface area contributed by atoms with E-state index in [1.54, 1.807) is 11.1 Å². The number of hydrogen-bond acceptors (Lipinski definition) is 5. The Labute approximate surface area is 151 Å². The van der Waals surface area contributed by atoms with Crippen molar-refractivity contribution >= 4 is 23.5 Å². The van der Waals surface area contributed by atoms with Gasteiger partial charge in [-0.1, -0.05) is 11.8 Å². The van der Waals surface area contributed by atoms with Crippen molar-refractivity contribution in [3.63, 3.8) is 0 Å². The van der Waals surface area contributed by atoms with Crippen molar-refractivity contribution in [3.8, 4) is 0 Å². The number of likely N-dealkylation sites (tertiary alicyclic amines) is 1. The molecular weight excluding hydrogens is 346 g/mol. The van der Waals surface area contributed by atoms with Crippen LogP contribution in [0.3, 0.4) is 0 Å². The molecule has 138 valence electrons. The van der Waals surface area contributed by atoms with Crippen LogP contribution < -0.4 is 4.90 Å². The number of aromatic nitrogens is 2. The maximum atomic E-state index is 13.2. The molecule has 0 bridgehead atoms. The predicted octanol–water partition coefficient (Wildman–Crippen LogP) is 3.06. The van der Waals surface area contributed by atoms with E-state index in [0.29, 0.717) is 12.3 Å². The zero-order valence-electron chi connectivity index (χ0n) is 14.5. The Bertz CT molecular complexity index is 598. The van der Waals surface area contributed by atoms with Gasteiger partial charge >= 0.3 is 0 Å². The number of alkyl halides is 2. The molecule has 1 aromatic heterocycles. The topological polar surface area (TPSA) is 49.3 Å². The van der Waals surface area contributed by atoms with Crippen LogP contribution in [-0.4, -0.2) is 59.1 Å². The highest BCUT2D eigenvalue weighted by atomic mass is 32.2. The average Bonchev–Trinajstić information content (AvgIpc) is 2.62. The Hall–Kier alpha value is -1.44. The van der Waals surface area contributed by atoms with Gasteiger partial charge in [-0.15, -0.1) is 0 Å². The largest absolute Gasteiger partial charge is 0.356 e. The lowest BCUT2D eigenvalue weighted by molar-refractivity contribution is -0.138. The summed E-state index contributed by atoms with van der Waals surface area (Å²) in [6.45, 7) is 2.09. The second-order valence-electron chi connectivity index (χ2n) is 6.77. The lowest BCUT2D eigenvalue weighted by Crippen LogP contribution is -2.44. The maximum absolute atomic E-state index is 13.2. The predicted molar refractivity (Wildman–Crippen MR) is 94.1 cm³/mol.